The smallest absolute Gasteiger partial charge is 0.229 e. The van der Waals surface area contributed by atoms with Gasteiger partial charge in [-0.15, -0.1) is 0 Å². The molecular formula is C13H19N3O4S. The van der Waals surface area contributed by atoms with Gasteiger partial charge in [-0.3, -0.25) is 9.48 Å². The molecule has 2 fully saturated rings. The van der Waals surface area contributed by atoms with Gasteiger partial charge < -0.3 is 10.1 Å². The van der Waals surface area contributed by atoms with Gasteiger partial charge in [-0.2, -0.15) is 5.10 Å². The molecule has 1 N–H and O–H groups in total. The van der Waals surface area contributed by atoms with Gasteiger partial charge in [0.25, 0.3) is 0 Å². The van der Waals surface area contributed by atoms with Gasteiger partial charge in [-0.05, 0) is 38.9 Å². The van der Waals surface area contributed by atoms with Crippen LogP contribution in [0.1, 0.15) is 25.0 Å². The second-order valence-corrected chi connectivity index (χ2v) is 7.75. The molecule has 3 rings (SSSR count). The van der Waals surface area contributed by atoms with Crippen molar-refractivity contribution in [3.63, 3.8) is 0 Å². The van der Waals surface area contributed by atoms with Crippen molar-refractivity contribution in [3.8, 4) is 0 Å². The molecule has 7 nitrogen and oxygen atoms in total. The Morgan fingerprint density at radius 3 is 2.67 bits per heavy atom. The third-order valence-electron chi connectivity index (χ3n) is 4.16. The average molecular weight is 313 g/mol. The number of nitrogens with zero attached hydrogens (tertiary/aromatic N) is 2. The number of aromatic nitrogens is 2. The molecule has 0 aliphatic carbocycles. The summed E-state index contributed by atoms with van der Waals surface area (Å²) in [5.74, 6) is -0.351. The summed E-state index contributed by atoms with van der Waals surface area (Å²) in [4.78, 5) is 12.2. The molecule has 0 radical (unpaired) electrons. The number of piperidine rings is 1. The van der Waals surface area contributed by atoms with Crippen LogP contribution in [0.4, 0.5) is 0 Å². The van der Waals surface area contributed by atoms with E-state index in [9.17, 15) is 13.2 Å². The number of nitrogens with one attached hydrogen (secondary N) is 1. The minimum Gasteiger partial charge on any atom is -0.347 e. The third kappa shape index (κ3) is 2.41. The molecule has 0 bridgehead atoms. The molecule has 1 aromatic rings. The van der Waals surface area contributed by atoms with Crippen LogP contribution in [0.15, 0.2) is 11.1 Å². The van der Waals surface area contributed by atoms with Gasteiger partial charge in [0.1, 0.15) is 0 Å². The second kappa shape index (κ2) is 4.89. The Balaban J connectivity index is 1.93. The maximum atomic E-state index is 12.7. The average Bonchev–Trinajstić information content (AvgIpc) is 2.91. The molecule has 2 saturated heterocycles. The van der Waals surface area contributed by atoms with Crippen molar-refractivity contribution >= 4 is 15.6 Å². The fraction of sp³-hybridized carbons (Fsp3) is 0.692. The van der Waals surface area contributed by atoms with Gasteiger partial charge in [0, 0.05) is 13.5 Å². The van der Waals surface area contributed by atoms with Crippen molar-refractivity contribution in [2.24, 2.45) is 7.05 Å². The minimum absolute atomic E-state index is 0.0318. The summed E-state index contributed by atoms with van der Waals surface area (Å²) in [5, 5.41) is 7.26. The van der Waals surface area contributed by atoms with E-state index in [1.807, 2.05) is 0 Å². The highest BCUT2D eigenvalue weighted by Gasteiger charge is 2.52. The van der Waals surface area contributed by atoms with Crippen molar-refractivity contribution < 1.29 is 17.9 Å². The Kier molecular flexibility index (Phi) is 3.42. The zero-order valence-corrected chi connectivity index (χ0v) is 12.9. The first-order chi connectivity index (χ1) is 9.84. The highest BCUT2D eigenvalue weighted by Crippen LogP contribution is 2.38. The summed E-state index contributed by atoms with van der Waals surface area (Å²) in [7, 11) is -2.31. The van der Waals surface area contributed by atoms with Crippen molar-refractivity contribution in [1.29, 1.82) is 0 Å². The topological polar surface area (TPSA) is 90.3 Å². The van der Waals surface area contributed by atoms with Crippen LogP contribution in [-0.4, -0.2) is 48.1 Å². The van der Waals surface area contributed by atoms with Crippen LogP contribution in [0.2, 0.25) is 0 Å². The number of ketones is 1. The molecule has 2 aliphatic rings. The van der Waals surface area contributed by atoms with Crippen LogP contribution < -0.4 is 5.32 Å². The fourth-order valence-electron chi connectivity index (χ4n) is 3.11. The van der Waals surface area contributed by atoms with E-state index in [0.29, 0.717) is 18.5 Å². The van der Waals surface area contributed by atoms with Gasteiger partial charge in [0.15, 0.2) is 10.8 Å². The number of sulfone groups is 1. The van der Waals surface area contributed by atoms with Crippen molar-refractivity contribution in [2.45, 2.75) is 42.2 Å². The van der Waals surface area contributed by atoms with Crippen LogP contribution >= 0.6 is 0 Å². The Morgan fingerprint density at radius 2 is 2.10 bits per heavy atom. The first kappa shape index (κ1) is 14.7. The highest BCUT2D eigenvalue weighted by molar-refractivity contribution is 7.92. The molecule has 1 aromatic heterocycles. The summed E-state index contributed by atoms with van der Waals surface area (Å²) in [5.41, 5.74) is -1.42. The minimum atomic E-state index is -3.86. The van der Waals surface area contributed by atoms with E-state index < -0.39 is 20.9 Å². The lowest BCUT2D eigenvalue weighted by Gasteiger charge is -2.32. The monoisotopic (exact) mass is 313 g/mol. The second-order valence-electron chi connectivity index (χ2n) is 5.82. The number of carbonyl (C=O) groups excluding carboxylic acids is 1. The number of ether oxygens (including phenoxy) is 1. The van der Waals surface area contributed by atoms with E-state index in [4.69, 9.17) is 4.74 Å². The number of carbonyl (C=O) groups is 1. The lowest BCUT2D eigenvalue weighted by atomic mass is 9.89. The van der Waals surface area contributed by atoms with Crippen molar-refractivity contribution in [2.75, 3.05) is 13.1 Å². The van der Waals surface area contributed by atoms with E-state index >= 15 is 0 Å². The zero-order chi connectivity index (χ0) is 15.3. The maximum absolute atomic E-state index is 12.7. The molecule has 2 aliphatic heterocycles. The molecule has 0 saturated carbocycles. The Morgan fingerprint density at radius 1 is 1.43 bits per heavy atom. The Hall–Kier alpha value is -1.25. The third-order valence-corrected chi connectivity index (χ3v) is 6.05. The van der Waals surface area contributed by atoms with Crippen LogP contribution in [0, 0.1) is 6.92 Å². The van der Waals surface area contributed by atoms with Gasteiger partial charge in [-0.25, -0.2) is 8.42 Å². The van der Waals surface area contributed by atoms with Crippen LogP contribution in [0.25, 0.3) is 0 Å². The maximum Gasteiger partial charge on any atom is 0.229 e. The Labute approximate surface area is 123 Å². The predicted octanol–water partition coefficient (Wildman–Crippen LogP) is -0.0601. The standard InChI is InChI=1S/C13H19N3O4S/c1-9-7-11(16(2)15-9)21(18,19)12-10(17)8-13(20-12)3-5-14-6-4-13/h7,12,14H,3-6,8H2,1-2H3. The van der Waals surface area contributed by atoms with Gasteiger partial charge >= 0.3 is 0 Å². The summed E-state index contributed by atoms with van der Waals surface area (Å²) < 4.78 is 32.4. The van der Waals surface area contributed by atoms with Gasteiger partial charge in [0.05, 0.1) is 11.3 Å². The molecule has 1 unspecified atom stereocenters. The molecule has 3 heterocycles. The first-order valence-electron chi connectivity index (χ1n) is 7.00. The van der Waals surface area contributed by atoms with E-state index in [2.05, 4.69) is 10.4 Å². The van der Waals surface area contributed by atoms with E-state index in [0.717, 1.165) is 13.1 Å². The summed E-state index contributed by atoms with van der Waals surface area (Å²) in [6.45, 7) is 3.19. The lowest BCUT2D eigenvalue weighted by molar-refractivity contribution is -0.119. The molecule has 1 spiro atoms. The first-order valence-corrected chi connectivity index (χ1v) is 8.55. The Bertz CT molecular complexity index is 674. The lowest BCUT2D eigenvalue weighted by Crippen LogP contribution is -2.42. The zero-order valence-electron chi connectivity index (χ0n) is 12.1. The molecule has 116 valence electrons. The SMILES string of the molecule is Cc1cc(S(=O)(=O)C2OC3(CCNCC3)CC2=O)n(C)n1. The van der Waals surface area contributed by atoms with Crippen LogP contribution in [0.5, 0.6) is 0 Å². The number of Topliss-reactive ketones (excluding diaryl/α,β-unsaturated/α-hetero) is 1. The van der Waals surface area contributed by atoms with Gasteiger partial charge in [0.2, 0.25) is 15.3 Å². The molecule has 1 atom stereocenters. The number of hydrogen-bond donors (Lipinski definition) is 1. The summed E-state index contributed by atoms with van der Waals surface area (Å²) in [6.07, 6.45) is 1.50. The molecular weight excluding hydrogens is 294 g/mol. The van der Waals surface area contributed by atoms with E-state index in [1.54, 1.807) is 14.0 Å². The quantitative estimate of drug-likeness (QED) is 0.822. The predicted molar refractivity (Wildman–Crippen MR) is 74.5 cm³/mol. The van der Waals surface area contributed by atoms with Gasteiger partial charge in [-0.1, -0.05) is 0 Å². The summed E-state index contributed by atoms with van der Waals surface area (Å²) >= 11 is 0. The molecule has 0 aromatic carbocycles. The number of aryl methyl sites for hydroxylation is 2. The normalized spacial score (nSPS) is 25.6. The number of rotatable bonds is 2. The summed E-state index contributed by atoms with van der Waals surface area (Å²) in [6, 6.07) is 1.47. The van der Waals surface area contributed by atoms with Crippen molar-refractivity contribution in [1.82, 2.24) is 15.1 Å². The van der Waals surface area contributed by atoms with E-state index in [1.165, 1.54) is 10.7 Å². The fourth-order valence-corrected chi connectivity index (χ4v) is 4.84. The number of hydrogen-bond acceptors (Lipinski definition) is 6. The van der Waals surface area contributed by atoms with Crippen LogP contribution in [-0.2, 0) is 26.4 Å². The molecule has 0 amide bonds. The highest BCUT2D eigenvalue weighted by atomic mass is 32.2. The van der Waals surface area contributed by atoms with Crippen LogP contribution in [0.3, 0.4) is 0 Å². The largest absolute Gasteiger partial charge is 0.347 e. The molecule has 8 heteroatoms. The molecule has 21 heavy (non-hydrogen) atoms. The van der Waals surface area contributed by atoms with E-state index in [-0.39, 0.29) is 17.2 Å². The van der Waals surface area contributed by atoms with Crippen molar-refractivity contribution in [3.05, 3.63) is 11.8 Å².